The SMILES string of the molecule is O=C(Nc1cncc(-c2ccc3[nH]nc(-c4nc5nccc(-c6ccsc6)c5[nH]4)c3c2F)c1)C1CC1. The number of aromatic nitrogens is 6. The summed E-state index contributed by atoms with van der Waals surface area (Å²) < 4.78 is 16.0. The Morgan fingerprint density at radius 3 is 2.86 bits per heavy atom. The molecule has 1 aliphatic rings. The standard InChI is InChI=1S/C26H18FN7OS/c27-21-17(15-9-16(11-28-10-15)30-26(35)13-1-2-13)3-4-19-20(21)23(34-33-19)25-31-22-18(14-6-8-36-12-14)5-7-29-24(22)32-25/h3-13H,1-2H2,(H,30,35)(H,33,34)(H,29,31,32). The van der Waals surface area contributed by atoms with E-state index >= 15 is 4.39 Å². The Balaban J connectivity index is 1.32. The third kappa shape index (κ3) is 3.45. The lowest BCUT2D eigenvalue weighted by atomic mass is 10.0. The molecule has 6 aromatic rings. The average molecular weight is 496 g/mol. The molecule has 176 valence electrons. The molecule has 0 unspecified atom stereocenters. The van der Waals surface area contributed by atoms with Gasteiger partial charge in [0.2, 0.25) is 5.91 Å². The van der Waals surface area contributed by atoms with Crippen molar-refractivity contribution in [3.63, 3.8) is 0 Å². The number of benzene rings is 1. The fourth-order valence-electron chi connectivity index (χ4n) is 4.39. The lowest BCUT2D eigenvalue weighted by molar-refractivity contribution is -0.117. The molecule has 0 saturated heterocycles. The number of pyridine rings is 2. The molecule has 36 heavy (non-hydrogen) atoms. The van der Waals surface area contributed by atoms with Crippen LogP contribution in [-0.2, 0) is 4.79 Å². The van der Waals surface area contributed by atoms with E-state index in [1.165, 1.54) is 0 Å². The molecule has 7 rings (SSSR count). The smallest absolute Gasteiger partial charge is 0.227 e. The molecule has 0 aliphatic heterocycles. The summed E-state index contributed by atoms with van der Waals surface area (Å²) in [5, 5.41) is 14.5. The number of aromatic amines is 2. The minimum atomic E-state index is -0.449. The van der Waals surface area contributed by atoms with Gasteiger partial charge in [0.25, 0.3) is 0 Å². The molecule has 0 atom stereocenters. The van der Waals surface area contributed by atoms with Crippen molar-refractivity contribution in [2.45, 2.75) is 12.8 Å². The zero-order chi connectivity index (χ0) is 24.2. The Bertz CT molecular complexity index is 1770. The molecule has 1 amide bonds. The highest BCUT2D eigenvalue weighted by molar-refractivity contribution is 7.08. The summed E-state index contributed by atoms with van der Waals surface area (Å²) in [4.78, 5) is 28.7. The Hall–Kier alpha value is -4.44. The first-order valence-electron chi connectivity index (χ1n) is 11.5. The van der Waals surface area contributed by atoms with Crippen molar-refractivity contribution in [3.8, 4) is 33.8 Å². The number of fused-ring (bicyclic) bond motifs is 2. The van der Waals surface area contributed by atoms with Gasteiger partial charge in [-0.3, -0.25) is 14.9 Å². The molecule has 1 aromatic carbocycles. The van der Waals surface area contributed by atoms with Crippen LogP contribution in [0.4, 0.5) is 10.1 Å². The van der Waals surface area contributed by atoms with Gasteiger partial charge in [-0.05, 0) is 59.5 Å². The number of H-pyrrole nitrogens is 2. The van der Waals surface area contributed by atoms with Crippen molar-refractivity contribution >= 4 is 45.0 Å². The second-order valence-corrected chi connectivity index (χ2v) is 9.58. The maximum absolute atomic E-state index is 16.0. The van der Waals surface area contributed by atoms with Gasteiger partial charge in [-0.2, -0.15) is 16.4 Å². The van der Waals surface area contributed by atoms with E-state index in [1.54, 1.807) is 48.1 Å². The number of anilines is 1. The summed E-state index contributed by atoms with van der Waals surface area (Å²) in [5.41, 5.74) is 5.69. The van der Waals surface area contributed by atoms with Crippen LogP contribution in [0.2, 0.25) is 0 Å². The van der Waals surface area contributed by atoms with Crippen LogP contribution in [-0.4, -0.2) is 36.0 Å². The van der Waals surface area contributed by atoms with E-state index < -0.39 is 5.82 Å². The summed E-state index contributed by atoms with van der Waals surface area (Å²) in [6, 6.07) is 9.14. The zero-order valence-corrected chi connectivity index (χ0v) is 19.6. The third-order valence-electron chi connectivity index (χ3n) is 6.38. The average Bonchev–Trinajstić information content (AvgIpc) is 3.27. The van der Waals surface area contributed by atoms with E-state index in [4.69, 9.17) is 0 Å². The number of rotatable bonds is 5. The quantitative estimate of drug-likeness (QED) is 0.281. The molecule has 3 N–H and O–H groups in total. The second kappa shape index (κ2) is 8.06. The Kier molecular flexibility index (Phi) is 4.68. The van der Waals surface area contributed by atoms with Crippen molar-refractivity contribution in [1.82, 2.24) is 30.1 Å². The number of halogens is 1. The van der Waals surface area contributed by atoms with Crippen LogP contribution in [0.15, 0.2) is 59.7 Å². The normalized spacial score (nSPS) is 13.5. The number of imidazole rings is 1. The Morgan fingerprint density at radius 2 is 2.03 bits per heavy atom. The fraction of sp³-hybridized carbons (Fsp3) is 0.115. The molecule has 1 saturated carbocycles. The van der Waals surface area contributed by atoms with Gasteiger partial charge in [0, 0.05) is 35.0 Å². The maximum atomic E-state index is 16.0. The van der Waals surface area contributed by atoms with Crippen LogP contribution < -0.4 is 5.32 Å². The topological polar surface area (TPSA) is 112 Å². The molecule has 0 radical (unpaired) electrons. The zero-order valence-electron chi connectivity index (χ0n) is 18.7. The first kappa shape index (κ1) is 20.9. The summed E-state index contributed by atoms with van der Waals surface area (Å²) >= 11 is 1.61. The third-order valence-corrected chi connectivity index (χ3v) is 7.06. The molecule has 1 aliphatic carbocycles. The number of carbonyl (C=O) groups is 1. The van der Waals surface area contributed by atoms with Crippen molar-refractivity contribution in [2.24, 2.45) is 5.92 Å². The molecular weight excluding hydrogens is 477 g/mol. The van der Waals surface area contributed by atoms with E-state index in [-0.39, 0.29) is 11.8 Å². The van der Waals surface area contributed by atoms with E-state index in [0.717, 1.165) is 29.5 Å². The van der Waals surface area contributed by atoms with Crippen LogP contribution in [0.25, 0.3) is 55.8 Å². The van der Waals surface area contributed by atoms with Gasteiger partial charge in [0.15, 0.2) is 11.5 Å². The minimum absolute atomic E-state index is 0.0256. The lowest BCUT2D eigenvalue weighted by Gasteiger charge is -2.08. The van der Waals surface area contributed by atoms with Gasteiger partial charge in [-0.15, -0.1) is 0 Å². The van der Waals surface area contributed by atoms with E-state index in [0.29, 0.717) is 44.9 Å². The van der Waals surface area contributed by atoms with E-state index in [2.05, 4.69) is 40.8 Å². The van der Waals surface area contributed by atoms with Gasteiger partial charge in [-0.1, -0.05) is 0 Å². The molecule has 10 heteroatoms. The fourth-order valence-corrected chi connectivity index (χ4v) is 5.05. The number of hydrogen-bond acceptors (Lipinski definition) is 6. The van der Waals surface area contributed by atoms with Crippen molar-refractivity contribution in [2.75, 3.05) is 5.32 Å². The number of carbonyl (C=O) groups excluding carboxylic acids is 1. The molecule has 5 heterocycles. The summed E-state index contributed by atoms with van der Waals surface area (Å²) in [6.45, 7) is 0. The summed E-state index contributed by atoms with van der Waals surface area (Å²) in [5.74, 6) is 0.0114. The molecule has 5 aromatic heterocycles. The number of nitrogens with zero attached hydrogens (tertiary/aromatic N) is 4. The van der Waals surface area contributed by atoms with Gasteiger partial charge in [0.05, 0.1) is 28.3 Å². The maximum Gasteiger partial charge on any atom is 0.227 e. The van der Waals surface area contributed by atoms with Gasteiger partial charge >= 0.3 is 0 Å². The van der Waals surface area contributed by atoms with Gasteiger partial charge in [-0.25, -0.2) is 14.4 Å². The van der Waals surface area contributed by atoms with Crippen molar-refractivity contribution in [3.05, 3.63) is 65.5 Å². The Labute approximate surface area is 207 Å². The highest BCUT2D eigenvalue weighted by atomic mass is 32.1. The number of amides is 1. The van der Waals surface area contributed by atoms with Crippen LogP contribution in [0.1, 0.15) is 12.8 Å². The van der Waals surface area contributed by atoms with Crippen LogP contribution >= 0.6 is 11.3 Å². The largest absolute Gasteiger partial charge is 0.335 e. The van der Waals surface area contributed by atoms with Crippen molar-refractivity contribution < 1.29 is 9.18 Å². The Morgan fingerprint density at radius 1 is 1.11 bits per heavy atom. The van der Waals surface area contributed by atoms with Crippen LogP contribution in [0, 0.1) is 11.7 Å². The van der Waals surface area contributed by atoms with Crippen molar-refractivity contribution in [1.29, 1.82) is 0 Å². The van der Waals surface area contributed by atoms with Gasteiger partial charge < -0.3 is 10.3 Å². The highest BCUT2D eigenvalue weighted by Gasteiger charge is 2.29. The van der Waals surface area contributed by atoms with Gasteiger partial charge in [0.1, 0.15) is 11.5 Å². The lowest BCUT2D eigenvalue weighted by Crippen LogP contribution is -2.13. The molecule has 1 fully saturated rings. The number of thiophene rings is 1. The highest BCUT2D eigenvalue weighted by Crippen LogP contribution is 2.36. The summed E-state index contributed by atoms with van der Waals surface area (Å²) in [7, 11) is 0. The molecule has 8 nitrogen and oxygen atoms in total. The predicted molar refractivity (Wildman–Crippen MR) is 137 cm³/mol. The molecule has 0 spiro atoms. The molecule has 0 bridgehead atoms. The monoisotopic (exact) mass is 495 g/mol. The molecular formula is C26H18FN7OS. The van der Waals surface area contributed by atoms with E-state index in [9.17, 15) is 4.79 Å². The van der Waals surface area contributed by atoms with Crippen LogP contribution in [0.3, 0.4) is 0 Å². The number of nitrogens with one attached hydrogen (secondary N) is 3. The van der Waals surface area contributed by atoms with Crippen LogP contribution in [0.5, 0.6) is 0 Å². The minimum Gasteiger partial charge on any atom is -0.335 e. The summed E-state index contributed by atoms with van der Waals surface area (Å²) in [6.07, 6.45) is 6.66. The second-order valence-electron chi connectivity index (χ2n) is 8.80. The predicted octanol–water partition coefficient (Wildman–Crippen LogP) is 5.78. The van der Waals surface area contributed by atoms with E-state index in [1.807, 2.05) is 17.5 Å². The number of hydrogen-bond donors (Lipinski definition) is 3. The first-order chi connectivity index (χ1) is 17.7. The first-order valence-corrected chi connectivity index (χ1v) is 12.4.